The molecule has 1 saturated carbocycles. The molecule has 1 aliphatic carbocycles. The van der Waals surface area contributed by atoms with E-state index < -0.39 is 0 Å². The van der Waals surface area contributed by atoms with Crippen molar-refractivity contribution in [2.75, 3.05) is 20.1 Å². The number of rotatable bonds is 3. The average Bonchev–Trinajstić information content (AvgIpc) is 3.32. The van der Waals surface area contributed by atoms with E-state index in [4.69, 9.17) is 0 Å². The van der Waals surface area contributed by atoms with Gasteiger partial charge in [-0.1, -0.05) is 25.0 Å². The Morgan fingerprint density at radius 3 is 2.48 bits per heavy atom. The number of nitrogens with zero attached hydrogens (tertiary/aromatic N) is 5. The number of likely N-dealkylation sites (tertiary alicyclic amines) is 1. The van der Waals surface area contributed by atoms with Crippen molar-refractivity contribution >= 4 is 5.96 Å². The molecule has 2 heterocycles. The van der Waals surface area contributed by atoms with E-state index in [-0.39, 0.29) is 0 Å². The molecule has 2 aromatic rings. The van der Waals surface area contributed by atoms with Crippen LogP contribution in [0.1, 0.15) is 31.2 Å². The van der Waals surface area contributed by atoms with Gasteiger partial charge in [-0.15, -0.1) is 0 Å². The first-order valence-corrected chi connectivity index (χ1v) is 9.23. The third-order valence-corrected chi connectivity index (χ3v) is 5.56. The lowest BCUT2D eigenvalue weighted by molar-refractivity contribution is 0.299. The van der Waals surface area contributed by atoms with Gasteiger partial charge in [-0.2, -0.15) is 5.10 Å². The highest BCUT2D eigenvalue weighted by Gasteiger charge is 2.35. The molecule has 0 radical (unpaired) electrons. The molecule has 4 rings (SSSR count). The van der Waals surface area contributed by atoms with Crippen molar-refractivity contribution in [1.29, 1.82) is 0 Å². The molecule has 6 heteroatoms. The Balaban J connectivity index is 1.35. The highest BCUT2D eigenvalue weighted by Crippen LogP contribution is 2.35. The molecule has 2 aliphatic rings. The molecular weight excluding hydrogens is 312 g/mol. The van der Waals surface area contributed by atoms with Gasteiger partial charge in [-0.05, 0) is 42.4 Å². The van der Waals surface area contributed by atoms with Gasteiger partial charge in [0, 0.05) is 26.7 Å². The van der Waals surface area contributed by atoms with Gasteiger partial charge in [0.1, 0.15) is 12.7 Å². The molecule has 1 aromatic heterocycles. The van der Waals surface area contributed by atoms with Crippen molar-refractivity contribution in [3.8, 4) is 5.69 Å². The topological polar surface area (TPSA) is 58.3 Å². The van der Waals surface area contributed by atoms with Gasteiger partial charge < -0.3 is 10.2 Å². The van der Waals surface area contributed by atoms with Crippen LogP contribution in [0.4, 0.5) is 0 Å². The van der Waals surface area contributed by atoms with E-state index in [2.05, 4.69) is 49.6 Å². The first-order valence-electron chi connectivity index (χ1n) is 9.23. The second-order valence-electron chi connectivity index (χ2n) is 7.12. The van der Waals surface area contributed by atoms with Gasteiger partial charge in [-0.3, -0.25) is 4.99 Å². The zero-order chi connectivity index (χ0) is 17.1. The van der Waals surface area contributed by atoms with E-state index in [0.717, 1.165) is 43.1 Å². The fourth-order valence-electron chi connectivity index (χ4n) is 4.20. The number of fused-ring (bicyclic) bond motifs is 1. The van der Waals surface area contributed by atoms with Crippen molar-refractivity contribution in [1.82, 2.24) is 25.0 Å². The predicted molar refractivity (Wildman–Crippen MR) is 98.6 cm³/mol. The zero-order valence-corrected chi connectivity index (χ0v) is 14.8. The van der Waals surface area contributed by atoms with Crippen molar-refractivity contribution < 1.29 is 0 Å². The van der Waals surface area contributed by atoms with E-state index in [9.17, 15) is 0 Å². The minimum absolute atomic E-state index is 0.788. The maximum Gasteiger partial charge on any atom is 0.193 e. The van der Waals surface area contributed by atoms with Gasteiger partial charge in [0.2, 0.25) is 0 Å². The summed E-state index contributed by atoms with van der Waals surface area (Å²) in [5, 5.41) is 7.69. The summed E-state index contributed by atoms with van der Waals surface area (Å²) in [6.07, 6.45) is 8.84. The van der Waals surface area contributed by atoms with E-state index >= 15 is 0 Å². The van der Waals surface area contributed by atoms with E-state index in [0.29, 0.717) is 0 Å². The molecule has 2 unspecified atom stereocenters. The Labute approximate surface area is 149 Å². The van der Waals surface area contributed by atoms with Crippen LogP contribution in [0.5, 0.6) is 0 Å². The summed E-state index contributed by atoms with van der Waals surface area (Å²) in [4.78, 5) is 10.9. The molecule has 0 spiro atoms. The van der Waals surface area contributed by atoms with Crippen molar-refractivity contribution in [3.63, 3.8) is 0 Å². The molecule has 1 N–H and O–H groups in total. The maximum absolute atomic E-state index is 4.51. The van der Waals surface area contributed by atoms with Crippen LogP contribution in [0.2, 0.25) is 0 Å². The molecule has 1 aromatic carbocycles. The number of hydrogen-bond donors (Lipinski definition) is 1. The van der Waals surface area contributed by atoms with Crippen LogP contribution in [-0.2, 0) is 6.54 Å². The summed E-state index contributed by atoms with van der Waals surface area (Å²) >= 11 is 0. The Kier molecular flexibility index (Phi) is 4.68. The quantitative estimate of drug-likeness (QED) is 0.690. The Morgan fingerprint density at radius 2 is 1.88 bits per heavy atom. The second-order valence-corrected chi connectivity index (χ2v) is 7.12. The number of aliphatic imine (C=N–C) groups is 1. The molecule has 6 nitrogen and oxygen atoms in total. The molecule has 0 amide bonds. The molecule has 1 saturated heterocycles. The van der Waals surface area contributed by atoms with E-state index in [1.165, 1.54) is 31.2 Å². The van der Waals surface area contributed by atoms with E-state index in [1.807, 2.05) is 7.05 Å². The van der Waals surface area contributed by atoms with Crippen molar-refractivity contribution in [2.45, 2.75) is 32.2 Å². The Morgan fingerprint density at radius 1 is 1.16 bits per heavy atom. The number of nitrogens with one attached hydrogen (secondary N) is 1. The predicted octanol–water partition coefficient (Wildman–Crippen LogP) is 2.46. The van der Waals surface area contributed by atoms with Gasteiger partial charge in [0.15, 0.2) is 5.96 Å². The summed E-state index contributed by atoms with van der Waals surface area (Å²) in [5.74, 6) is 2.78. The lowest BCUT2D eigenvalue weighted by Gasteiger charge is -2.22. The highest BCUT2D eigenvalue weighted by atomic mass is 15.3. The lowest BCUT2D eigenvalue weighted by Crippen LogP contribution is -2.39. The largest absolute Gasteiger partial charge is 0.352 e. The molecular formula is C19H26N6. The molecule has 25 heavy (non-hydrogen) atoms. The second kappa shape index (κ2) is 7.25. The Bertz CT molecular complexity index is 692. The van der Waals surface area contributed by atoms with Crippen molar-refractivity contribution in [3.05, 3.63) is 42.5 Å². The molecule has 2 atom stereocenters. The number of guanidine groups is 1. The van der Waals surface area contributed by atoms with Crippen LogP contribution >= 0.6 is 0 Å². The normalized spacial score (nSPS) is 23.6. The minimum atomic E-state index is 0.788. The summed E-state index contributed by atoms with van der Waals surface area (Å²) < 4.78 is 1.77. The molecule has 1 aliphatic heterocycles. The first kappa shape index (κ1) is 16.1. The molecule has 0 bridgehead atoms. The Hall–Kier alpha value is -2.37. The average molecular weight is 338 g/mol. The van der Waals surface area contributed by atoms with Crippen LogP contribution in [0.25, 0.3) is 5.69 Å². The van der Waals surface area contributed by atoms with Crippen LogP contribution in [0.15, 0.2) is 41.9 Å². The SMILES string of the molecule is CN=C(NCc1ccc(-n2cncn2)cc1)N1CC2CCCCC2C1. The highest BCUT2D eigenvalue weighted by molar-refractivity contribution is 5.80. The minimum Gasteiger partial charge on any atom is -0.352 e. The fourth-order valence-corrected chi connectivity index (χ4v) is 4.20. The summed E-state index contributed by atoms with van der Waals surface area (Å²) in [6, 6.07) is 8.39. The molecule has 2 fully saturated rings. The maximum atomic E-state index is 4.51. The van der Waals surface area contributed by atoms with Crippen molar-refractivity contribution in [2.24, 2.45) is 16.8 Å². The van der Waals surface area contributed by atoms with Gasteiger partial charge >= 0.3 is 0 Å². The fraction of sp³-hybridized carbons (Fsp3) is 0.526. The standard InChI is InChI=1S/C19H26N6/c1-20-19(24-11-16-4-2-3-5-17(16)12-24)22-10-15-6-8-18(9-7-15)25-14-21-13-23-25/h6-9,13-14,16-17H,2-5,10-12H2,1H3,(H,20,22). The smallest absolute Gasteiger partial charge is 0.193 e. The number of hydrogen-bond acceptors (Lipinski definition) is 3. The number of aromatic nitrogens is 3. The first-order chi connectivity index (χ1) is 12.3. The zero-order valence-electron chi connectivity index (χ0n) is 14.8. The summed E-state index contributed by atoms with van der Waals surface area (Å²) in [6.45, 7) is 3.11. The lowest BCUT2D eigenvalue weighted by atomic mass is 9.82. The van der Waals surface area contributed by atoms with Gasteiger partial charge in [-0.25, -0.2) is 9.67 Å². The van der Waals surface area contributed by atoms with Crippen LogP contribution in [-0.4, -0.2) is 45.8 Å². The van der Waals surface area contributed by atoms with Gasteiger partial charge in [0.25, 0.3) is 0 Å². The van der Waals surface area contributed by atoms with E-state index in [1.54, 1.807) is 17.3 Å². The third kappa shape index (κ3) is 3.52. The van der Waals surface area contributed by atoms with Crippen LogP contribution < -0.4 is 5.32 Å². The monoisotopic (exact) mass is 338 g/mol. The molecule has 132 valence electrons. The van der Waals surface area contributed by atoms with Crippen LogP contribution in [0.3, 0.4) is 0 Å². The van der Waals surface area contributed by atoms with Gasteiger partial charge in [0.05, 0.1) is 5.69 Å². The summed E-state index contributed by atoms with van der Waals surface area (Å²) in [5.41, 5.74) is 2.26. The summed E-state index contributed by atoms with van der Waals surface area (Å²) in [7, 11) is 1.89. The number of benzene rings is 1. The van der Waals surface area contributed by atoms with Crippen LogP contribution in [0, 0.1) is 11.8 Å². The third-order valence-electron chi connectivity index (χ3n) is 5.56.